The van der Waals surface area contributed by atoms with Crippen LogP contribution in [0.3, 0.4) is 0 Å². The first kappa shape index (κ1) is 13.5. The standard InChI is InChI=1S/C11H20N2O2S/c1-3-4-5-8-12-11-6-9-13(10-7-11)16(2,14)15/h1,11-12H,4-10H2,2H3. The molecule has 0 saturated carbocycles. The lowest BCUT2D eigenvalue weighted by molar-refractivity contribution is 0.291. The molecule has 0 aromatic carbocycles. The molecule has 1 aliphatic rings. The van der Waals surface area contributed by atoms with Gasteiger partial charge in [-0.25, -0.2) is 12.7 Å². The van der Waals surface area contributed by atoms with Gasteiger partial charge in [-0.05, 0) is 25.8 Å². The first-order chi connectivity index (χ1) is 7.54. The van der Waals surface area contributed by atoms with E-state index in [2.05, 4.69) is 11.2 Å². The summed E-state index contributed by atoms with van der Waals surface area (Å²) >= 11 is 0. The highest BCUT2D eigenvalue weighted by molar-refractivity contribution is 7.88. The zero-order valence-corrected chi connectivity index (χ0v) is 10.6. The number of rotatable bonds is 5. The van der Waals surface area contributed by atoms with Gasteiger partial charge in [0, 0.05) is 25.6 Å². The minimum atomic E-state index is -3.00. The Morgan fingerprint density at radius 2 is 2.06 bits per heavy atom. The second-order valence-corrected chi connectivity index (χ2v) is 6.18. The van der Waals surface area contributed by atoms with E-state index < -0.39 is 10.0 Å². The van der Waals surface area contributed by atoms with E-state index in [-0.39, 0.29) is 0 Å². The van der Waals surface area contributed by atoms with Crippen LogP contribution < -0.4 is 5.32 Å². The molecular formula is C11H20N2O2S. The minimum absolute atomic E-state index is 0.441. The molecule has 1 rings (SSSR count). The summed E-state index contributed by atoms with van der Waals surface area (Å²) in [6.45, 7) is 2.19. The van der Waals surface area contributed by atoms with Crippen molar-refractivity contribution in [2.75, 3.05) is 25.9 Å². The Morgan fingerprint density at radius 1 is 1.44 bits per heavy atom. The maximum Gasteiger partial charge on any atom is 0.211 e. The van der Waals surface area contributed by atoms with Gasteiger partial charge >= 0.3 is 0 Å². The van der Waals surface area contributed by atoms with E-state index in [4.69, 9.17) is 6.42 Å². The van der Waals surface area contributed by atoms with Crippen molar-refractivity contribution in [1.82, 2.24) is 9.62 Å². The molecule has 0 spiro atoms. The number of hydrogen-bond donors (Lipinski definition) is 1. The first-order valence-corrected chi connectivity index (χ1v) is 7.51. The summed E-state index contributed by atoms with van der Waals surface area (Å²) in [6.07, 6.45) is 10.0. The summed E-state index contributed by atoms with van der Waals surface area (Å²) in [5.41, 5.74) is 0. The van der Waals surface area contributed by atoms with Crippen molar-refractivity contribution in [2.45, 2.75) is 31.7 Å². The Balaban J connectivity index is 2.20. The molecule has 0 aromatic rings. The van der Waals surface area contributed by atoms with E-state index in [1.54, 1.807) is 4.31 Å². The minimum Gasteiger partial charge on any atom is -0.314 e. The van der Waals surface area contributed by atoms with Gasteiger partial charge < -0.3 is 5.32 Å². The summed E-state index contributed by atoms with van der Waals surface area (Å²) in [7, 11) is -3.00. The van der Waals surface area contributed by atoms with E-state index in [1.165, 1.54) is 6.26 Å². The van der Waals surface area contributed by atoms with Crippen LogP contribution >= 0.6 is 0 Å². The van der Waals surface area contributed by atoms with Crippen molar-refractivity contribution in [3.8, 4) is 12.3 Å². The molecule has 92 valence electrons. The molecule has 0 bridgehead atoms. The molecule has 0 unspecified atom stereocenters. The number of hydrogen-bond acceptors (Lipinski definition) is 3. The number of nitrogens with zero attached hydrogens (tertiary/aromatic N) is 1. The fourth-order valence-corrected chi connectivity index (χ4v) is 2.76. The molecule has 1 N–H and O–H groups in total. The Hall–Kier alpha value is -0.570. The van der Waals surface area contributed by atoms with Crippen LogP contribution in [0.2, 0.25) is 0 Å². The van der Waals surface area contributed by atoms with Crippen LogP contribution in [0, 0.1) is 12.3 Å². The van der Waals surface area contributed by atoms with E-state index in [0.29, 0.717) is 19.1 Å². The van der Waals surface area contributed by atoms with Crippen LogP contribution in [0.5, 0.6) is 0 Å². The van der Waals surface area contributed by atoms with Crippen LogP contribution in [-0.4, -0.2) is 44.7 Å². The van der Waals surface area contributed by atoms with Gasteiger partial charge in [-0.15, -0.1) is 12.3 Å². The fraction of sp³-hybridized carbons (Fsp3) is 0.818. The third-order valence-electron chi connectivity index (χ3n) is 2.85. The summed E-state index contributed by atoms with van der Waals surface area (Å²) in [5.74, 6) is 2.60. The van der Waals surface area contributed by atoms with Crippen LogP contribution in [0.25, 0.3) is 0 Å². The van der Waals surface area contributed by atoms with Gasteiger partial charge in [-0.2, -0.15) is 0 Å². The van der Waals surface area contributed by atoms with Crippen molar-refractivity contribution in [2.24, 2.45) is 0 Å². The third-order valence-corrected chi connectivity index (χ3v) is 4.16. The molecule has 1 heterocycles. The maximum atomic E-state index is 11.3. The lowest BCUT2D eigenvalue weighted by Crippen LogP contribution is -2.44. The Bertz CT molecular complexity index is 337. The quantitative estimate of drug-likeness (QED) is 0.563. The van der Waals surface area contributed by atoms with Crippen LogP contribution in [0.4, 0.5) is 0 Å². The van der Waals surface area contributed by atoms with Crippen LogP contribution in [0.15, 0.2) is 0 Å². The monoisotopic (exact) mass is 244 g/mol. The second kappa shape index (κ2) is 6.24. The maximum absolute atomic E-state index is 11.3. The molecule has 0 radical (unpaired) electrons. The molecule has 0 amide bonds. The highest BCUT2D eigenvalue weighted by Gasteiger charge is 2.24. The largest absolute Gasteiger partial charge is 0.314 e. The number of terminal acetylenes is 1. The predicted molar refractivity (Wildman–Crippen MR) is 65.5 cm³/mol. The summed E-state index contributed by atoms with van der Waals surface area (Å²) in [4.78, 5) is 0. The third kappa shape index (κ3) is 4.52. The molecule has 4 nitrogen and oxygen atoms in total. The molecule has 1 aliphatic heterocycles. The van der Waals surface area contributed by atoms with Gasteiger partial charge in [0.05, 0.1) is 6.26 Å². The van der Waals surface area contributed by atoms with Crippen molar-refractivity contribution >= 4 is 10.0 Å². The Kier molecular flexibility index (Phi) is 5.26. The Labute approximate surface area is 98.5 Å². The van der Waals surface area contributed by atoms with Gasteiger partial charge in [-0.3, -0.25) is 0 Å². The zero-order valence-electron chi connectivity index (χ0n) is 9.78. The Morgan fingerprint density at radius 3 is 2.56 bits per heavy atom. The lowest BCUT2D eigenvalue weighted by Gasteiger charge is -2.30. The summed E-state index contributed by atoms with van der Waals surface area (Å²) < 4.78 is 24.1. The second-order valence-electron chi connectivity index (χ2n) is 4.20. The average molecular weight is 244 g/mol. The molecule has 16 heavy (non-hydrogen) atoms. The van der Waals surface area contributed by atoms with Gasteiger partial charge in [0.2, 0.25) is 10.0 Å². The predicted octanol–water partition coefficient (Wildman–Crippen LogP) is 0.413. The number of nitrogens with one attached hydrogen (secondary N) is 1. The molecular weight excluding hydrogens is 224 g/mol. The molecule has 0 atom stereocenters. The first-order valence-electron chi connectivity index (χ1n) is 5.66. The molecule has 5 heteroatoms. The molecule has 1 fully saturated rings. The smallest absolute Gasteiger partial charge is 0.211 e. The topological polar surface area (TPSA) is 49.4 Å². The van der Waals surface area contributed by atoms with Crippen molar-refractivity contribution in [1.29, 1.82) is 0 Å². The SMILES string of the molecule is C#CCCCNC1CCN(S(C)(=O)=O)CC1. The lowest BCUT2D eigenvalue weighted by atomic mass is 10.1. The molecule has 0 aliphatic carbocycles. The fourth-order valence-electron chi connectivity index (χ4n) is 1.89. The average Bonchev–Trinajstić information content (AvgIpc) is 2.24. The van der Waals surface area contributed by atoms with E-state index in [9.17, 15) is 8.42 Å². The summed E-state index contributed by atoms with van der Waals surface area (Å²) in [5, 5.41) is 3.41. The van der Waals surface area contributed by atoms with E-state index >= 15 is 0 Å². The normalized spacial score (nSPS) is 19.5. The van der Waals surface area contributed by atoms with Gasteiger partial charge in [0.25, 0.3) is 0 Å². The number of sulfonamides is 1. The van der Waals surface area contributed by atoms with Crippen molar-refractivity contribution in [3.05, 3.63) is 0 Å². The van der Waals surface area contributed by atoms with Gasteiger partial charge in [0.1, 0.15) is 0 Å². The van der Waals surface area contributed by atoms with Crippen molar-refractivity contribution < 1.29 is 8.42 Å². The van der Waals surface area contributed by atoms with Crippen molar-refractivity contribution in [3.63, 3.8) is 0 Å². The van der Waals surface area contributed by atoms with E-state index in [1.807, 2.05) is 0 Å². The van der Waals surface area contributed by atoms with Gasteiger partial charge in [-0.1, -0.05) is 0 Å². The number of piperidine rings is 1. The molecule has 1 saturated heterocycles. The number of unbranched alkanes of at least 4 members (excludes halogenated alkanes) is 1. The highest BCUT2D eigenvalue weighted by Crippen LogP contribution is 2.12. The summed E-state index contributed by atoms with van der Waals surface area (Å²) in [6, 6.07) is 0.441. The van der Waals surface area contributed by atoms with Crippen LogP contribution in [0.1, 0.15) is 25.7 Å². The van der Waals surface area contributed by atoms with Crippen LogP contribution in [-0.2, 0) is 10.0 Å². The van der Waals surface area contributed by atoms with Gasteiger partial charge in [0.15, 0.2) is 0 Å². The van der Waals surface area contributed by atoms with E-state index in [0.717, 1.165) is 32.2 Å². The molecule has 0 aromatic heterocycles. The highest BCUT2D eigenvalue weighted by atomic mass is 32.2. The zero-order chi connectivity index (χ0) is 12.0.